The molecular weight excluding hydrogens is 723 g/mol. The smallest absolute Gasteiger partial charge is 0.435 e. The number of hydrazine groups is 1. The maximum Gasteiger partial charge on any atom is 0.435 e. The Morgan fingerprint density at radius 2 is 1.70 bits per heavy atom. The van der Waals surface area contributed by atoms with Gasteiger partial charge in [-0.3, -0.25) is 9.59 Å². The summed E-state index contributed by atoms with van der Waals surface area (Å²) in [6, 6.07) is 18.7. The lowest BCUT2D eigenvalue weighted by Gasteiger charge is -2.28. The van der Waals surface area contributed by atoms with Crippen LogP contribution in [0.3, 0.4) is 0 Å². The molecule has 19 heteroatoms. The third kappa shape index (κ3) is 7.93. The third-order valence-corrected chi connectivity index (χ3v) is 9.93. The number of carbonyl (C=O) groups excluding carboxylic acids is 3. The molecule has 2 aliphatic rings. The Kier molecular flexibility index (Phi) is 10.1. The molecule has 0 bridgehead atoms. The summed E-state index contributed by atoms with van der Waals surface area (Å²) in [5.41, 5.74) is 0.930. The molecule has 0 radical (unpaired) electrons. The highest BCUT2D eigenvalue weighted by Crippen LogP contribution is 2.33. The average Bonchev–Trinajstić information content (AvgIpc) is 3.70. The van der Waals surface area contributed by atoms with Gasteiger partial charge in [-0.2, -0.15) is 18.3 Å². The van der Waals surface area contributed by atoms with Gasteiger partial charge in [-0.15, -0.1) is 5.01 Å². The standard InChI is InChI=1S/C34H32F3N7O8S/c1-21-9-11-24(12-10-21)29-18-30(34(35,36)37)38-43(29)25-13-15-26(16-14-25)53(49,50)39-33(47)51-20-23-6-5-17-41(19-23)44(48)40-52-22(2)42-31(45)27-7-3-4-8-28(27)32(42)46/h3-4,7-16,18,22-23H,5-6,17,19-20H2,1-2H3,(H,39,47)/b44-40+. The number of fused-ring (bicyclic) bond motifs is 1. The molecule has 0 saturated carbocycles. The lowest BCUT2D eigenvalue weighted by Crippen LogP contribution is -2.43. The minimum atomic E-state index is -4.72. The summed E-state index contributed by atoms with van der Waals surface area (Å²) in [5.74, 6) is -1.55. The predicted molar refractivity (Wildman–Crippen MR) is 178 cm³/mol. The number of ether oxygens (including phenoxy) is 1. The molecule has 1 fully saturated rings. The SMILES string of the molecule is Cc1ccc(-c2cc(C(F)(F)F)nn2-c2ccc(S(=O)(=O)NC(=O)OCC3CCCN(/[N+]([O-])=N\OC(C)N4C(=O)c5ccccc5C4=O)C3)cc2)cc1. The van der Waals surface area contributed by atoms with Gasteiger partial charge in [0.25, 0.3) is 21.8 Å². The predicted octanol–water partition coefficient (Wildman–Crippen LogP) is 5.44. The first-order valence-electron chi connectivity index (χ1n) is 16.2. The van der Waals surface area contributed by atoms with Gasteiger partial charge in [0.05, 0.1) is 52.1 Å². The zero-order chi connectivity index (χ0) is 38.1. The van der Waals surface area contributed by atoms with Gasteiger partial charge in [0, 0.05) is 11.5 Å². The number of nitrogens with zero attached hydrogens (tertiary/aromatic N) is 6. The van der Waals surface area contributed by atoms with E-state index in [0.717, 1.165) is 33.3 Å². The van der Waals surface area contributed by atoms with Crippen LogP contribution in [0.2, 0.25) is 0 Å². The van der Waals surface area contributed by atoms with Crippen molar-refractivity contribution in [2.24, 2.45) is 11.2 Å². The van der Waals surface area contributed by atoms with Crippen molar-refractivity contribution in [3.8, 4) is 16.9 Å². The van der Waals surface area contributed by atoms with E-state index in [9.17, 15) is 41.2 Å². The lowest BCUT2D eigenvalue weighted by atomic mass is 10.0. The van der Waals surface area contributed by atoms with Gasteiger partial charge in [0.15, 0.2) is 5.69 Å². The van der Waals surface area contributed by atoms with Crippen molar-refractivity contribution in [3.05, 3.63) is 106 Å². The summed E-state index contributed by atoms with van der Waals surface area (Å²) < 4.78 is 74.6. The number of aromatic nitrogens is 2. The Labute approximate surface area is 300 Å². The van der Waals surface area contributed by atoms with Crippen LogP contribution in [0.1, 0.15) is 51.7 Å². The highest BCUT2D eigenvalue weighted by Gasteiger charge is 2.40. The number of aryl methyl sites for hydroxylation is 1. The summed E-state index contributed by atoms with van der Waals surface area (Å²) in [5, 5.41) is 21.2. The summed E-state index contributed by atoms with van der Waals surface area (Å²) in [7, 11) is -4.45. The van der Waals surface area contributed by atoms with E-state index < -0.39 is 51.9 Å². The monoisotopic (exact) mass is 755 g/mol. The van der Waals surface area contributed by atoms with E-state index in [2.05, 4.69) is 10.4 Å². The first-order chi connectivity index (χ1) is 25.1. The molecule has 6 rings (SSSR count). The van der Waals surface area contributed by atoms with E-state index in [1.807, 2.05) is 6.92 Å². The number of piperidine rings is 1. The molecule has 4 aromatic rings. The summed E-state index contributed by atoms with van der Waals surface area (Å²) in [6.07, 6.45) is -6.16. The maximum absolute atomic E-state index is 13.6. The highest BCUT2D eigenvalue weighted by atomic mass is 32.2. The van der Waals surface area contributed by atoms with Crippen LogP contribution in [0.5, 0.6) is 0 Å². The largest absolute Gasteiger partial charge is 0.569 e. The molecule has 2 aliphatic heterocycles. The normalized spacial score (nSPS) is 17.1. The number of alkyl halides is 3. The van der Waals surface area contributed by atoms with Gasteiger partial charge >= 0.3 is 12.3 Å². The van der Waals surface area contributed by atoms with Crippen molar-refractivity contribution in [3.63, 3.8) is 0 Å². The zero-order valence-corrected chi connectivity index (χ0v) is 29.0. The average molecular weight is 756 g/mol. The molecule has 278 valence electrons. The summed E-state index contributed by atoms with van der Waals surface area (Å²) in [6.45, 7) is 3.31. The van der Waals surface area contributed by atoms with Crippen LogP contribution in [0, 0.1) is 18.0 Å². The zero-order valence-electron chi connectivity index (χ0n) is 28.2. The molecule has 0 spiro atoms. The fraction of sp³-hybridized carbons (Fsp3) is 0.294. The van der Waals surface area contributed by atoms with E-state index >= 15 is 0 Å². The minimum absolute atomic E-state index is 0.0628. The number of hydrogen-bond acceptors (Lipinski definition) is 10. The van der Waals surface area contributed by atoms with Gasteiger partial charge in [-0.05, 0) is 69.2 Å². The Hall–Kier alpha value is -5.98. The van der Waals surface area contributed by atoms with Gasteiger partial charge in [-0.25, -0.2) is 27.5 Å². The Morgan fingerprint density at radius 1 is 1.06 bits per heavy atom. The molecule has 0 aliphatic carbocycles. The summed E-state index contributed by atoms with van der Waals surface area (Å²) >= 11 is 0. The molecule has 1 aromatic heterocycles. The molecule has 1 N–H and O–H groups in total. The fourth-order valence-electron chi connectivity index (χ4n) is 5.88. The molecule has 3 heterocycles. The quantitative estimate of drug-likeness (QED) is 0.0948. The first-order valence-corrected chi connectivity index (χ1v) is 17.7. The molecule has 3 aromatic carbocycles. The van der Waals surface area contributed by atoms with Crippen molar-refractivity contribution >= 4 is 27.9 Å². The highest BCUT2D eigenvalue weighted by molar-refractivity contribution is 7.90. The molecule has 3 amide bonds. The number of carbonyl (C=O) groups is 3. The molecule has 2 unspecified atom stereocenters. The van der Waals surface area contributed by atoms with E-state index in [1.165, 1.54) is 36.2 Å². The second-order valence-electron chi connectivity index (χ2n) is 12.4. The van der Waals surface area contributed by atoms with E-state index in [0.29, 0.717) is 18.4 Å². The fourth-order valence-corrected chi connectivity index (χ4v) is 6.78. The van der Waals surface area contributed by atoms with Gasteiger partial charge in [0.2, 0.25) is 11.5 Å². The Bertz CT molecular complexity index is 2140. The van der Waals surface area contributed by atoms with Crippen molar-refractivity contribution < 1.29 is 50.5 Å². The number of nitrogens with one attached hydrogen (secondary N) is 1. The van der Waals surface area contributed by atoms with Gasteiger partial charge < -0.3 is 14.8 Å². The second-order valence-corrected chi connectivity index (χ2v) is 14.1. The van der Waals surface area contributed by atoms with Crippen molar-refractivity contribution in [2.45, 2.75) is 44.0 Å². The second kappa shape index (κ2) is 14.6. The number of hydrogen-bond donors (Lipinski definition) is 1. The van der Waals surface area contributed by atoms with Crippen LogP contribution < -0.4 is 4.72 Å². The van der Waals surface area contributed by atoms with Crippen LogP contribution in [-0.4, -0.2) is 76.9 Å². The van der Waals surface area contributed by atoms with Crippen LogP contribution in [0.25, 0.3) is 16.9 Å². The third-order valence-electron chi connectivity index (χ3n) is 8.60. The van der Waals surface area contributed by atoms with Crippen LogP contribution in [-0.2, 0) is 25.8 Å². The molecular formula is C34H32F3N7O8S. The van der Waals surface area contributed by atoms with Crippen molar-refractivity contribution in [1.29, 1.82) is 0 Å². The maximum atomic E-state index is 13.6. The van der Waals surface area contributed by atoms with Crippen LogP contribution in [0.15, 0.2) is 89.0 Å². The number of benzene rings is 3. The molecule has 53 heavy (non-hydrogen) atoms. The van der Waals surface area contributed by atoms with Crippen molar-refractivity contribution in [1.82, 2.24) is 24.4 Å². The lowest BCUT2D eigenvalue weighted by molar-refractivity contribution is -0.715. The number of amides is 3. The number of rotatable bonds is 10. The molecule has 1 saturated heterocycles. The van der Waals surface area contributed by atoms with Crippen LogP contribution in [0.4, 0.5) is 18.0 Å². The van der Waals surface area contributed by atoms with Gasteiger partial charge in [-0.1, -0.05) is 42.0 Å². The molecule has 15 nitrogen and oxygen atoms in total. The number of halogens is 3. The Morgan fingerprint density at radius 3 is 2.32 bits per heavy atom. The topological polar surface area (TPSA) is 179 Å². The first kappa shape index (κ1) is 36.8. The number of sulfonamides is 1. The molecule has 2 atom stereocenters. The van der Waals surface area contributed by atoms with Gasteiger partial charge in [0.1, 0.15) is 0 Å². The number of imide groups is 1. The van der Waals surface area contributed by atoms with E-state index in [1.54, 1.807) is 41.1 Å². The van der Waals surface area contributed by atoms with E-state index in [4.69, 9.17) is 9.57 Å². The van der Waals surface area contributed by atoms with E-state index in [-0.39, 0.29) is 52.1 Å². The van der Waals surface area contributed by atoms with Crippen molar-refractivity contribution in [2.75, 3.05) is 19.7 Å². The minimum Gasteiger partial charge on any atom is -0.569 e. The van der Waals surface area contributed by atoms with Crippen LogP contribution >= 0.6 is 0 Å². The Balaban J connectivity index is 1.04. The summed E-state index contributed by atoms with van der Waals surface area (Å²) in [4.78, 5) is 43.7.